The van der Waals surface area contributed by atoms with Crippen molar-refractivity contribution in [1.29, 1.82) is 0 Å². The molecule has 0 spiro atoms. The van der Waals surface area contributed by atoms with E-state index in [1.54, 1.807) is 0 Å². The van der Waals surface area contributed by atoms with Crippen LogP contribution in [0.5, 0.6) is 5.75 Å². The van der Waals surface area contributed by atoms with E-state index in [1.807, 2.05) is 49.1 Å². The molecule has 0 N–H and O–H groups in total. The monoisotopic (exact) mass is 409 g/mol. The summed E-state index contributed by atoms with van der Waals surface area (Å²) in [5.74, 6) is 2.55. The first-order valence-electron chi connectivity index (χ1n) is 11.0. The number of ether oxygens (including phenoxy) is 1. The number of hydrogen-bond donors (Lipinski definition) is 0. The zero-order chi connectivity index (χ0) is 20.9. The highest BCUT2D eigenvalue weighted by Gasteiger charge is 2.27. The highest BCUT2D eigenvalue weighted by Crippen LogP contribution is 2.22. The van der Waals surface area contributed by atoms with Gasteiger partial charge in [0.1, 0.15) is 11.6 Å². The first-order chi connectivity index (χ1) is 14.6. The number of piperidine rings is 1. The van der Waals surface area contributed by atoms with Crippen LogP contribution in [0.3, 0.4) is 0 Å². The molecule has 4 rings (SSSR count). The van der Waals surface area contributed by atoms with Gasteiger partial charge >= 0.3 is 0 Å². The summed E-state index contributed by atoms with van der Waals surface area (Å²) in [6.45, 7) is 8.74. The molecule has 2 aromatic rings. The molecule has 30 heavy (non-hydrogen) atoms. The highest BCUT2D eigenvalue weighted by atomic mass is 16.5. The molecule has 0 aliphatic carbocycles. The lowest BCUT2D eigenvalue weighted by molar-refractivity contribution is -0.138. The van der Waals surface area contributed by atoms with E-state index >= 15 is 0 Å². The third-order valence-corrected chi connectivity index (χ3v) is 5.79. The maximum absolute atomic E-state index is 12.8. The number of rotatable bonds is 5. The Labute approximate surface area is 178 Å². The van der Waals surface area contributed by atoms with Crippen molar-refractivity contribution in [1.82, 2.24) is 14.9 Å². The van der Waals surface area contributed by atoms with Gasteiger partial charge in [-0.05, 0) is 45.2 Å². The van der Waals surface area contributed by atoms with Crippen LogP contribution >= 0.6 is 0 Å². The molecule has 7 heteroatoms. The summed E-state index contributed by atoms with van der Waals surface area (Å²) in [6.07, 6.45) is 3.25. The van der Waals surface area contributed by atoms with Gasteiger partial charge in [-0.2, -0.15) is 4.98 Å². The van der Waals surface area contributed by atoms with Gasteiger partial charge in [-0.25, -0.2) is 4.98 Å². The van der Waals surface area contributed by atoms with Gasteiger partial charge in [-0.1, -0.05) is 18.2 Å². The van der Waals surface area contributed by atoms with E-state index in [-0.39, 0.29) is 5.91 Å². The summed E-state index contributed by atoms with van der Waals surface area (Å²) in [7, 11) is 0. The summed E-state index contributed by atoms with van der Waals surface area (Å²) in [6, 6.07) is 11.6. The van der Waals surface area contributed by atoms with E-state index < -0.39 is 6.10 Å². The zero-order valence-electron chi connectivity index (χ0n) is 18.0. The number of piperazine rings is 1. The van der Waals surface area contributed by atoms with Crippen LogP contribution in [0, 0.1) is 6.92 Å². The van der Waals surface area contributed by atoms with Crippen molar-refractivity contribution in [2.45, 2.75) is 39.2 Å². The number of hydrogen-bond acceptors (Lipinski definition) is 6. The second kappa shape index (κ2) is 9.32. The molecular formula is C23H31N5O2. The topological polar surface area (TPSA) is 61.8 Å². The molecule has 160 valence electrons. The number of aryl methyl sites for hydroxylation is 1. The molecule has 2 aliphatic rings. The number of amides is 1. The lowest BCUT2D eigenvalue weighted by Crippen LogP contribution is -2.52. The molecule has 2 saturated heterocycles. The van der Waals surface area contributed by atoms with Crippen LogP contribution in [-0.2, 0) is 4.79 Å². The predicted octanol–water partition coefficient (Wildman–Crippen LogP) is 2.89. The Morgan fingerprint density at radius 3 is 2.33 bits per heavy atom. The van der Waals surface area contributed by atoms with Gasteiger partial charge in [0, 0.05) is 51.0 Å². The molecule has 1 aromatic heterocycles. The molecule has 1 aromatic carbocycles. The Morgan fingerprint density at radius 2 is 1.63 bits per heavy atom. The summed E-state index contributed by atoms with van der Waals surface area (Å²) >= 11 is 0. The lowest BCUT2D eigenvalue weighted by atomic mass is 10.1. The first-order valence-corrected chi connectivity index (χ1v) is 11.0. The van der Waals surface area contributed by atoms with Crippen molar-refractivity contribution >= 4 is 17.7 Å². The van der Waals surface area contributed by atoms with Crippen molar-refractivity contribution in [3.05, 3.63) is 42.1 Å². The Kier molecular flexibility index (Phi) is 6.35. The normalized spacial score (nSPS) is 18.3. The predicted molar refractivity (Wildman–Crippen MR) is 118 cm³/mol. The minimum Gasteiger partial charge on any atom is -0.481 e. The lowest BCUT2D eigenvalue weighted by Gasteiger charge is -2.36. The van der Waals surface area contributed by atoms with Crippen molar-refractivity contribution in [3.8, 4) is 5.75 Å². The standard InChI is InChI=1S/C23H31N5O2/c1-18-17-21(26-11-7-4-8-12-26)25-23(24-18)28-15-13-27(14-16-28)22(29)19(2)30-20-9-5-3-6-10-20/h3,5-6,9-10,17,19H,4,7-8,11-16H2,1-2H3/t19-/m0/s1. The van der Waals surface area contributed by atoms with Crippen molar-refractivity contribution < 1.29 is 9.53 Å². The number of carbonyl (C=O) groups excluding carboxylic acids is 1. The minimum atomic E-state index is -0.500. The molecule has 0 saturated carbocycles. The number of carbonyl (C=O) groups is 1. The quantitative estimate of drug-likeness (QED) is 0.757. The van der Waals surface area contributed by atoms with E-state index in [9.17, 15) is 4.79 Å². The molecule has 0 unspecified atom stereocenters. The second-order valence-electron chi connectivity index (χ2n) is 8.10. The number of benzene rings is 1. The van der Waals surface area contributed by atoms with Crippen LogP contribution in [-0.4, -0.2) is 66.1 Å². The van der Waals surface area contributed by atoms with E-state index in [0.29, 0.717) is 13.1 Å². The van der Waals surface area contributed by atoms with Crippen LogP contribution in [0.15, 0.2) is 36.4 Å². The molecule has 1 amide bonds. The molecule has 3 heterocycles. The summed E-state index contributed by atoms with van der Waals surface area (Å²) in [5.41, 5.74) is 0.990. The Bertz CT molecular complexity index is 846. The smallest absolute Gasteiger partial charge is 0.263 e. The van der Waals surface area contributed by atoms with E-state index in [0.717, 1.165) is 49.4 Å². The second-order valence-corrected chi connectivity index (χ2v) is 8.10. The third-order valence-electron chi connectivity index (χ3n) is 5.79. The van der Waals surface area contributed by atoms with Crippen molar-refractivity contribution in [2.24, 2.45) is 0 Å². The van der Waals surface area contributed by atoms with Crippen molar-refractivity contribution in [3.63, 3.8) is 0 Å². The van der Waals surface area contributed by atoms with Gasteiger partial charge in [-0.15, -0.1) is 0 Å². The summed E-state index contributed by atoms with van der Waals surface area (Å²) in [4.78, 5) is 28.8. The minimum absolute atomic E-state index is 0.0256. The fraction of sp³-hybridized carbons (Fsp3) is 0.522. The molecular weight excluding hydrogens is 378 g/mol. The Hall–Kier alpha value is -2.83. The SMILES string of the molecule is Cc1cc(N2CCCCC2)nc(N2CCN(C(=O)[C@H](C)Oc3ccccc3)CC2)n1. The maximum atomic E-state index is 12.8. The molecule has 0 radical (unpaired) electrons. The number of anilines is 2. The van der Waals surface area contributed by atoms with Gasteiger partial charge in [0.2, 0.25) is 5.95 Å². The fourth-order valence-corrected chi connectivity index (χ4v) is 4.10. The van der Waals surface area contributed by atoms with E-state index in [1.165, 1.54) is 19.3 Å². The zero-order valence-corrected chi connectivity index (χ0v) is 18.0. The summed E-state index contributed by atoms with van der Waals surface area (Å²) < 4.78 is 5.80. The van der Waals surface area contributed by atoms with Crippen molar-refractivity contribution in [2.75, 3.05) is 49.1 Å². The molecule has 7 nitrogen and oxygen atoms in total. The average Bonchev–Trinajstić information content (AvgIpc) is 2.79. The van der Waals surface area contributed by atoms with Gasteiger partial charge in [0.15, 0.2) is 6.10 Å². The van der Waals surface area contributed by atoms with Crippen LogP contribution in [0.2, 0.25) is 0 Å². The van der Waals surface area contributed by atoms with Crippen LogP contribution in [0.25, 0.3) is 0 Å². The van der Waals surface area contributed by atoms with Crippen LogP contribution in [0.1, 0.15) is 31.9 Å². The van der Waals surface area contributed by atoms with Crippen LogP contribution in [0.4, 0.5) is 11.8 Å². The molecule has 2 fully saturated rings. The maximum Gasteiger partial charge on any atom is 0.263 e. The number of nitrogens with zero attached hydrogens (tertiary/aromatic N) is 5. The highest BCUT2D eigenvalue weighted by molar-refractivity contribution is 5.81. The van der Waals surface area contributed by atoms with E-state index in [2.05, 4.69) is 20.9 Å². The van der Waals surface area contributed by atoms with Gasteiger partial charge in [0.05, 0.1) is 0 Å². The largest absolute Gasteiger partial charge is 0.481 e. The Balaban J connectivity index is 1.36. The molecule has 2 aliphatic heterocycles. The van der Waals surface area contributed by atoms with Crippen LogP contribution < -0.4 is 14.5 Å². The first kappa shape index (κ1) is 20.4. The summed E-state index contributed by atoms with van der Waals surface area (Å²) in [5, 5.41) is 0. The number of aromatic nitrogens is 2. The average molecular weight is 410 g/mol. The fourth-order valence-electron chi connectivity index (χ4n) is 4.10. The van der Waals surface area contributed by atoms with Gasteiger partial charge < -0.3 is 19.4 Å². The number of para-hydroxylation sites is 1. The Morgan fingerprint density at radius 1 is 0.933 bits per heavy atom. The van der Waals surface area contributed by atoms with E-state index in [4.69, 9.17) is 9.72 Å². The third kappa shape index (κ3) is 4.83. The van der Waals surface area contributed by atoms with Gasteiger partial charge in [0.25, 0.3) is 5.91 Å². The van der Waals surface area contributed by atoms with Gasteiger partial charge in [-0.3, -0.25) is 4.79 Å². The molecule has 0 bridgehead atoms. The molecule has 1 atom stereocenters.